The molecule has 1 aliphatic heterocycles. The number of aliphatic hydroxyl groups excluding tert-OH is 1. The number of benzene rings is 2. The van der Waals surface area contributed by atoms with Crippen LogP contribution in [0.3, 0.4) is 0 Å². The van der Waals surface area contributed by atoms with Crippen LogP contribution in [0, 0.1) is 0 Å². The van der Waals surface area contributed by atoms with Crippen molar-refractivity contribution in [2.75, 3.05) is 32.2 Å². The number of alkyl halides is 3. The van der Waals surface area contributed by atoms with E-state index in [9.17, 15) is 27.9 Å². The molecule has 0 radical (unpaired) electrons. The van der Waals surface area contributed by atoms with Crippen LogP contribution in [0.4, 0.5) is 18.9 Å². The molecule has 172 valence electrons. The number of nitrogens with zero attached hydrogens (tertiary/aromatic N) is 1. The Kier molecular flexibility index (Phi) is 7.49. The summed E-state index contributed by atoms with van der Waals surface area (Å²) in [5, 5.41) is 13.5. The van der Waals surface area contributed by atoms with E-state index in [2.05, 4.69) is 5.32 Å². The molecular weight excluding hydrogens is 429 g/mol. The zero-order chi connectivity index (χ0) is 23.3. The molecule has 7 nitrogen and oxygen atoms in total. The van der Waals surface area contributed by atoms with Gasteiger partial charge in [-0.2, -0.15) is 13.2 Å². The molecule has 3 rings (SSSR count). The van der Waals surface area contributed by atoms with Gasteiger partial charge in [-0.3, -0.25) is 9.59 Å². The van der Waals surface area contributed by atoms with Gasteiger partial charge in [0.15, 0.2) is 0 Å². The molecule has 1 aliphatic rings. The summed E-state index contributed by atoms with van der Waals surface area (Å²) >= 11 is 0. The number of halogens is 3. The van der Waals surface area contributed by atoms with Gasteiger partial charge in [0.2, 0.25) is 11.8 Å². The Balaban J connectivity index is 1.73. The third-order valence-electron chi connectivity index (χ3n) is 5.04. The summed E-state index contributed by atoms with van der Waals surface area (Å²) in [5.74, 6) is -0.696. The second-order valence-electron chi connectivity index (χ2n) is 7.35. The summed E-state index contributed by atoms with van der Waals surface area (Å²) in [6.45, 7) is -0.160. The first-order valence-corrected chi connectivity index (χ1v) is 9.79. The van der Waals surface area contributed by atoms with Crippen molar-refractivity contribution in [2.24, 2.45) is 0 Å². The van der Waals surface area contributed by atoms with Crippen molar-refractivity contribution in [1.82, 2.24) is 4.90 Å². The van der Waals surface area contributed by atoms with Crippen molar-refractivity contribution < 1.29 is 37.3 Å². The minimum Gasteiger partial charge on any atom is -0.386 e. The number of aliphatic hydroxyl groups is 1. The summed E-state index contributed by atoms with van der Waals surface area (Å²) in [4.78, 5) is 25.5. The van der Waals surface area contributed by atoms with Crippen LogP contribution >= 0.6 is 0 Å². The SMILES string of the molecule is COCC(=O)Nc1ccc([C@@H](O)[C@H]2COCC(=O)N2Cc2ccc(C(F)(F)F)cc2)cc1. The first-order valence-electron chi connectivity index (χ1n) is 9.79. The molecule has 10 heteroatoms. The first kappa shape index (κ1) is 23.7. The fraction of sp³-hybridized carbons (Fsp3) is 0.364. The maximum Gasteiger partial charge on any atom is 0.416 e. The Morgan fingerprint density at radius 1 is 1.22 bits per heavy atom. The molecule has 0 bridgehead atoms. The Labute approximate surface area is 182 Å². The summed E-state index contributed by atoms with van der Waals surface area (Å²) in [7, 11) is 1.41. The van der Waals surface area contributed by atoms with Crippen molar-refractivity contribution in [3.05, 3.63) is 65.2 Å². The third-order valence-corrected chi connectivity index (χ3v) is 5.04. The van der Waals surface area contributed by atoms with Crippen molar-refractivity contribution in [2.45, 2.75) is 24.9 Å². The highest BCUT2D eigenvalue weighted by atomic mass is 19.4. The quantitative estimate of drug-likeness (QED) is 0.675. The lowest BCUT2D eigenvalue weighted by molar-refractivity contribution is -0.155. The zero-order valence-corrected chi connectivity index (χ0v) is 17.3. The van der Waals surface area contributed by atoms with Crippen molar-refractivity contribution in [3.63, 3.8) is 0 Å². The van der Waals surface area contributed by atoms with Crippen LogP contribution in [0.1, 0.15) is 22.8 Å². The van der Waals surface area contributed by atoms with Gasteiger partial charge in [0.05, 0.1) is 18.2 Å². The average Bonchev–Trinajstić information content (AvgIpc) is 2.75. The maximum absolute atomic E-state index is 12.8. The average molecular weight is 452 g/mol. The Hall–Kier alpha value is -2.95. The standard InChI is InChI=1S/C22H23F3N2O5/c1-31-12-19(28)26-17-8-4-15(5-9-17)21(30)18-11-32-13-20(29)27(18)10-14-2-6-16(7-3-14)22(23,24)25/h2-9,18,21,30H,10-13H2,1H3,(H,26,28)/t18-,21-/m1/s1. The zero-order valence-electron chi connectivity index (χ0n) is 17.3. The number of anilines is 1. The number of nitrogens with one attached hydrogen (secondary N) is 1. The largest absolute Gasteiger partial charge is 0.416 e. The molecule has 0 saturated carbocycles. The van der Waals surface area contributed by atoms with Crippen LogP contribution in [0.5, 0.6) is 0 Å². The van der Waals surface area contributed by atoms with Crippen LogP contribution in [-0.4, -0.2) is 54.8 Å². The fourth-order valence-corrected chi connectivity index (χ4v) is 3.40. The van der Waals surface area contributed by atoms with Crippen molar-refractivity contribution >= 4 is 17.5 Å². The van der Waals surface area contributed by atoms with Gasteiger partial charge in [0, 0.05) is 19.3 Å². The van der Waals surface area contributed by atoms with E-state index in [4.69, 9.17) is 9.47 Å². The maximum atomic E-state index is 12.8. The Morgan fingerprint density at radius 2 is 1.88 bits per heavy atom. The van der Waals surface area contributed by atoms with Gasteiger partial charge in [-0.15, -0.1) is 0 Å². The Bertz CT molecular complexity index is 932. The molecule has 0 aliphatic carbocycles. The van der Waals surface area contributed by atoms with E-state index in [-0.39, 0.29) is 38.2 Å². The summed E-state index contributed by atoms with van der Waals surface area (Å²) in [5.41, 5.74) is 0.738. The smallest absolute Gasteiger partial charge is 0.386 e. The summed E-state index contributed by atoms with van der Waals surface area (Å²) in [6, 6.07) is 10.3. The predicted octanol–water partition coefficient (Wildman–Crippen LogP) is 2.75. The molecule has 1 heterocycles. The molecule has 0 aromatic heterocycles. The van der Waals surface area contributed by atoms with Gasteiger partial charge in [0.25, 0.3) is 0 Å². The normalized spacial score (nSPS) is 17.8. The van der Waals surface area contributed by atoms with Gasteiger partial charge in [0.1, 0.15) is 19.3 Å². The molecule has 0 spiro atoms. The molecule has 2 N–H and O–H groups in total. The number of carbonyl (C=O) groups is 2. The number of carbonyl (C=O) groups excluding carboxylic acids is 2. The van der Waals surface area contributed by atoms with Gasteiger partial charge in [-0.05, 0) is 35.4 Å². The number of methoxy groups -OCH3 is 1. The number of hydrogen-bond acceptors (Lipinski definition) is 5. The molecule has 2 aromatic rings. The van der Waals surface area contributed by atoms with Crippen molar-refractivity contribution in [1.29, 1.82) is 0 Å². The van der Waals surface area contributed by atoms with Crippen LogP contribution < -0.4 is 5.32 Å². The molecule has 2 amide bonds. The molecule has 2 aromatic carbocycles. The van der Waals surface area contributed by atoms with E-state index >= 15 is 0 Å². The minimum atomic E-state index is -4.44. The lowest BCUT2D eigenvalue weighted by atomic mass is 9.99. The highest BCUT2D eigenvalue weighted by Gasteiger charge is 2.35. The molecule has 1 saturated heterocycles. The second-order valence-corrected chi connectivity index (χ2v) is 7.35. The molecule has 2 atom stereocenters. The highest BCUT2D eigenvalue weighted by Crippen LogP contribution is 2.30. The topological polar surface area (TPSA) is 88.1 Å². The van der Waals surface area contributed by atoms with Gasteiger partial charge in [-0.1, -0.05) is 24.3 Å². The van der Waals surface area contributed by atoms with Gasteiger partial charge in [-0.25, -0.2) is 0 Å². The number of rotatable bonds is 7. The molecular formula is C22H23F3N2O5. The number of amides is 2. The highest BCUT2D eigenvalue weighted by molar-refractivity contribution is 5.91. The van der Waals surface area contributed by atoms with Crippen LogP contribution in [-0.2, 0) is 31.8 Å². The van der Waals surface area contributed by atoms with Crippen LogP contribution in [0.2, 0.25) is 0 Å². The monoisotopic (exact) mass is 452 g/mol. The van der Waals surface area contributed by atoms with E-state index in [0.717, 1.165) is 12.1 Å². The number of hydrogen-bond donors (Lipinski definition) is 2. The van der Waals surface area contributed by atoms with E-state index in [0.29, 0.717) is 16.8 Å². The molecule has 32 heavy (non-hydrogen) atoms. The second kappa shape index (κ2) is 10.1. The first-order chi connectivity index (χ1) is 15.2. The van der Waals surface area contributed by atoms with E-state index < -0.39 is 23.9 Å². The van der Waals surface area contributed by atoms with Crippen LogP contribution in [0.25, 0.3) is 0 Å². The van der Waals surface area contributed by atoms with Gasteiger partial charge >= 0.3 is 6.18 Å². The van der Waals surface area contributed by atoms with E-state index in [1.165, 1.54) is 24.1 Å². The lowest BCUT2D eigenvalue weighted by Gasteiger charge is -2.38. The lowest BCUT2D eigenvalue weighted by Crippen LogP contribution is -2.51. The summed E-state index contributed by atoms with van der Waals surface area (Å²) < 4.78 is 48.4. The van der Waals surface area contributed by atoms with Crippen LogP contribution in [0.15, 0.2) is 48.5 Å². The van der Waals surface area contributed by atoms with E-state index in [1.54, 1.807) is 24.3 Å². The predicted molar refractivity (Wildman–Crippen MR) is 109 cm³/mol. The number of morpholine rings is 1. The minimum absolute atomic E-state index is 0.0349. The Morgan fingerprint density at radius 3 is 2.47 bits per heavy atom. The summed E-state index contributed by atoms with van der Waals surface area (Å²) in [6.07, 6.45) is -5.54. The molecule has 1 fully saturated rings. The van der Waals surface area contributed by atoms with Crippen molar-refractivity contribution in [3.8, 4) is 0 Å². The molecule has 0 unspecified atom stereocenters. The fourth-order valence-electron chi connectivity index (χ4n) is 3.40. The third kappa shape index (κ3) is 5.84. The van der Waals surface area contributed by atoms with E-state index in [1.807, 2.05) is 0 Å². The number of ether oxygens (including phenoxy) is 2. The van der Waals surface area contributed by atoms with Gasteiger partial charge < -0.3 is 24.8 Å².